The minimum Gasteiger partial charge on any atom is -0.461 e. The molecule has 1 aromatic carbocycles. The molecule has 0 amide bonds. The summed E-state index contributed by atoms with van der Waals surface area (Å²) < 4.78 is 5.29. The molecule has 1 unspecified atom stereocenters. The molecule has 2 aromatic heterocycles. The maximum Gasteiger partial charge on any atom is 0.216 e. The van der Waals surface area contributed by atoms with E-state index >= 15 is 0 Å². The summed E-state index contributed by atoms with van der Waals surface area (Å²) in [7, 11) is 1.73. The van der Waals surface area contributed by atoms with Gasteiger partial charge in [-0.05, 0) is 30.7 Å². The van der Waals surface area contributed by atoms with Crippen LogP contribution in [0.2, 0.25) is 5.02 Å². The van der Waals surface area contributed by atoms with Gasteiger partial charge in [-0.1, -0.05) is 29.8 Å². The number of furan rings is 1. The molecule has 7 nitrogen and oxygen atoms in total. The molecule has 0 aliphatic carbocycles. The van der Waals surface area contributed by atoms with Crippen LogP contribution in [0.25, 0.3) is 11.6 Å². The number of rotatable bonds is 6. The van der Waals surface area contributed by atoms with Gasteiger partial charge in [0, 0.05) is 25.0 Å². The monoisotopic (exact) mass is 500 g/mol. The maximum absolute atomic E-state index is 6.25. The first-order valence-electron chi connectivity index (χ1n) is 8.34. The van der Waals surface area contributed by atoms with Gasteiger partial charge < -0.3 is 15.1 Å². The van der Waals surface area contributed by atoms with Crippen molar-refractivity contribution in [1.29, 1.82) is 0 Å². The van der Waals surface area contributed by atoms with Gasteiger partial charge >= 0.3 is 0 Å². The number of nitrogens with one attached hydrogen (secondary N) is 3. The predicted molar refractivity (Wildman–Crippen MR) is 118 cm³/mol. The van der Waals surface area contributed by atoms with Crippen LogP contribution in [0.4, 0.5) is 0 Å². The summed E-state index contributed by atoms with van der Waals surface area (Å²) in [6.45, 7) is 2.70. The van der Waals surface area contributed by atoms with Gasteiger partial charge in [-0.25, -0.2) is 4.98 Å². The molecular formula is C18H22ClIN6O. The van der Waals surface area contributed by atoms with E-state index in [4.69, 9.17) is 16.0 Å². The maximum atomic E-state index is 6.25. The molecule has 0 radical (unpaired) electrons. The molecule has 3 aromatic rings. The second-order valence-corrected chi connectivity index (χ2v) is 6.13. The standard InChI is InChI=1S/C18H21ClN6O.HI/c1-12(13-6-3-4-7-14(13)19)22-18(20-2)21-10-9-16-23-17(25-24-16)15-8-5-11-26-15;/h3-8,11-12H,9-10H2,1-2H3,(H2,20,21,22)(H,23,24,25);1H. The number of halogens is 2. The Balaban J connectivity index is 0.00000261. The second-order valence-electron chi connectivity index (χ2n) is 5.72. The normalized spacial score (nSPS) is 12.3. The Morgan fingerprint density at radius 3 is 2.81 bits per heavy atom. The molecule has 0 fully saturated rings. The highest BCUT2D eigenvalue weighted by atomic mass is 127. The van der Waals surface area contributed by atoms with Crippen molar-refractivity contribution in [1.82, 2.24) is 25.8 Å². The van der Waals surface area contributed by atoms with Crippen LogP contribution in [0.15, 0.2) is 52.1 Å². The van der Waals surface area contributed by atoms with Gasteiger partial charge in [0.2, 0.25) is 5.82 Å². The number of H-pyrrole nitrogens is 1. The zero-order valence-electron chi connectivity index (χ0n) is 15.1. The average molecular weight is 501 g/mol. The fourth-order valence-electron chi connectivity index (χ4n) is 2.53. The van der Waals surface area contributed by atoms with Crippen molar-refractivity contribution in [2.24, 2.45) is 4.99 Å². The highest BCUT2D eigenvalue weighted by molar-refractivity contribution is 14.0. The van der Waals surface area contributed by atoms with E-state index in [0.717, 1.165) is 16.4 Å². The summed E-state index contributed by atoms with van der Waals surface area (Å²) in [6.07, 6.45) is 2.28. The molecule has 1 atom stereocenters. The van der Waals surface area contributed by atoms with Crippen LogP contribution in [0.5, 0.6) is 0 Å². The Labute approximate surface area is 180 Å². The van der Waals surface area contributed by atoms with E-state index < -0.39 is 0 Å². The second kappa shape index (κ2) is 10.3. The van der Waals surface area contributed by atoms with Gasteiger partial charge in [0.25, 0.3) is 0 Å². The van der Waals surface area contributed by atoms with Crippen LogP contribution in [0.3, 0.4) is 0 Å². The molecule has 2 heterocycles. The number of hydrogen-bond donors (Lipinski definition) is 3. The van der Waals surface area contributed by atoms with Gasteiger partial charge in [-0.2, -0.15) is 5.10 Å². The first-order valence-corrected chi connectivity index (χ1v) is 8.72. The van der Waals surface area contributed by atoms with E-state index in [0.29, 0.717) is 30.5 Å². The molecule has 0 aliphatic heterocycles. The number of aromatic amines is 1. The van der Waals surface area contributed by atoms with Crippen LogP contribution in [-0.2, 0) is 6.42 Å². The summed E-state index contributed by atoms with van der Waals surface area (Å²) in [4.78, 5) is 8.67. The molecule has 144 valence electrons. The first kappa shape index (κ1) is 21.2. The number of aliphatic imine (C=N–C) groups is 1. The Hall–Kier alpha value is -2.07. The van der Waals surface area contributed by atoms with Crippen LogP contribution in [0.1, 0.15) is 24.4 Å². The van der Waals surface area contributed by atoms with Crippen molar-refractivity contribution in [3.05, 3.63) is 59.1 Å². The molecular weight excluding hydrogens is 479 g/mol. The fourth-order valence-corrected chi connectivity index (χ4v) is 2.83. The predicted octanol–water partition coefficient (Wildman–Crippen LogP) is 3.80. The van der Waals surface area contributed by atoms with Crippen molar-refractivity contribution in [2.75, 3.05) is 13.6 Å². The number of benzene rings is 1. The molecule has 0 spiro atoms. The lowest BCUT2D eigenvalue weighted by Gasteiger charge is -2.19. The van der Waals surface area contributed by atoms with E-state index in [9.17, 15) is 0 Å². The topological polar surface area (TPSA) is 91.1 Å². The third-order valence-electron chi connectivity index (χ3n) is 3.88. The molecule has 3 rings (SSSR count). The third kappa shape index (κ3) is 5.70. The van der Waals surface area contributed by atoms with Crippen molar-refractivity contribution in [3.8, 4) is 11.6 Å². The Kier molecular flexibility index (Phi) is 8.11. The van der Waals surface area contributed by atoms with Gasteiger partial charge in [0.15, 0.2) is 11.7 Å². The van der Waals surface area contributed by atoms with Gasteiger partial charge in [0.05, 0.1) is 12.3 Å². The van der Waals surface area contributed by atoms with Crippen molar-refractivity contribution in [2.45, 2.75) is 19.4 Å². The minimum atomic E-state index is 0. The lowest BCUT2D eigenvalue weighted by atomic mass is 10.1. The minimum absolute atomic E-state index is 0. The van der Waals surface area contributed by atoms with Crippen LogP contribution in [-0.4, -0.2) is 34.7 Å². The average Bonchev–Trinajstić information content (AvgIpc) is 3.32. The summed E-state index contributed by atoms with van der Waals surface area (Å²) >= 11 is 6.25. The number of hydrogen-bond acceptors (Lipinski definition) is 4. The summed E-state index contributed by atoms with van der Waals surface area (Å²) in [5.41, 5.74) is 1.02. The highest BCUT2D eigenvalue weighted by Gasteiger charge is 2.11. The Morgan fingerprint density at radius 1 is 1.30 bits per heavy atom. The number of guanidine groups is 1. The van der Waals surface area contributed by atoms with Gasteiger partial charge in [-0.15, -0.1) is 24.0 Å². The van der Waals surface area contributed by atoms with E-state index in [1.807, 2.05) is 43.3 Å². The summed E-state index contributed by atoms with van der Waals surface area (Å²) in [6, 6.07) is 11.4. The molecule has 27 heavy (non-hydrogen) atoms. The SMILES string of the molecule is CN=C(NCCc1nc(-c2ccco2)n[nH]1)NC(C)c1ccccc1Cl.I. The summed E-state index contributed by atoms with van der Waals surface area (Å²) in [5.74, 6) is 2.67. The van der Waals surface area contributed by atoms with Gasteiger partial charge in [-0.3, -0.25) is 10.1 Å². The molecule has 3 N–H and O–H groups in total. The Bertz CT molecular complexity index is 864. The molecule has 9 heteroatoms. The molecule has 0 saturated carbocycles. The number of nitrogens with zero attached hydrogens (tertiary/aromatic N) is 3. The van der Waals surface area contributed by atoms with Crippen molar-refractivity contribution in [3.63, 3.8) is 0 Å². The van der Waals surface area contributed by atoms with Gasteiger partial charge in [0.1, 0.15) is 5.82 Å². The van der Waals surface area contributed by atoms with Crippen LogP contribution < -0.4 is 10.6 Å². The van der Waals surface area contributed by atoms with E-state index in [-0.39, 0.29) is 30.0 Å². The zero-order valence-corrected chi connectivity index (χ0v) is 18.2. The molecule has 0 saturated heterocycles. The van der Waals surface area contributed by atoms with Crippen LogP contribution in [0, 0.1) is 0 Å². The number of aromatic nitrogens is 3. The zero-order chi connectivity index (χ0) is 18.4. The smallest absolute Gasteiger partial charge is 0.216 e. The highest BCUT2D eigenvalue weighted by Crippen LogP contribution is 2.21. The largest absolute Gasteiger partial charge is 0.461 e. The molecule has 0 aliphatic rings. The third-order valence-corrected chi connectivity index (χ3v) is 4.22. The lowest BCUT2D eigenvalue weighted by molar-refractivity contribution is 0.577. The van der Waals surface area contributed by atoms with Crippen molar-refractivity contribution < 1.29 is 4.42 Å². The fraction of sp³-hybridized carbons (Fsp3) is 0.278. The molecule has 0 bridgehead atoms. The lowest BCUT2D eigenvalue weighted by Crippen LogP contribution is -2.39. The van der Waals surface area contributed by atoms with E-state index in [2.05, 4.69) is 30.8 Å². The summed E-state index contributed by atoms with van der Waals surface area (Å²) in [5, 5.41) is 14.4. The first-order chi connectivity index (χ1) is 12.7. The van der Waals surface area contributed by atoms with Crippen LogP contribution >= 0.6 is 35.6 Å². The Morgan fingerprint density at radius 2 is 2.11 bits per heavy atom. The van der Waals surface area contributed by atoms with E-state index in [1.165, 1.54) is 0 Å². The quantitative estimate of drug-likeness (QED) is 0.272. The van der Waals surface area contributed by atoms with E-state index in [1.54, 1.807) is 13.3 Å². The van der Waals surface area contributed by atoms with Crippen molar-refractivity contribution >= 4 is 41.5 Å².